The molecule has 1 aliphatic rings. The summed E-state index contributed by atoms with van der Waals surface area (Å²) in [6, 6.07) is 31.0. The number of aromatic nitrogens is 3. The van der Waals surface area contributed by atoms with E-state index in [0.29, 0.717) is 17.1 Å². The zero-order chi connectivity index (χ0) is 34.6. The lowest BCUT2D eigenvalue weighted by atomic mass is 9.79. The van der Waals surface area contributed by atoms with E-state index in [1.807, 2.05) is 109 Å². The Morgan fingerprint density at radius 1 is 0.898 bits per heavy atom. The molecule has 1 fully saturated rings. The average molecular weight is 719 g/mol. The molecule has 49 heavy (non-hydrogen) atoms. The van der Waals surface area contributed by atoms with E-state index in [1.165, 1.54) is 10.8 Å². The van der Waals surface area contributed by atoms with E-state index in [4.69, 9.17) is 47.5 Å². The molecule has 3 aromatic carbocycles. The molecule has 1 N–H and O–H groups in total. The number of ether oxygens (including phenoxy) is 4. The summed E-state index contributed by atoms with van der Waals surface area (Å²) < 4.78 is 34.5. The van der Waals surface area contributed by atoms with Gasteiger partial charge in [0.15, 0.2) is 12.4 Å². The van der Waals surface area contributed by atoms with Gasteiger partial charge in [0, 0.05) is 42.1 Å². The lowest BCUT2D eigenvalue weighted by Crippen LogP contribution is -2.41. The first-order valence-corrected chi connectivity index (χ1v) is 19.4. The van der Waals surface area contributed by atoms with Crippen molar-refractivity contribution in [3.63, 3.8) is 0 Å². The van der Waals surface area contributed by atoms with Crippen LogP contribution >= 0.6 is 17.9 Å². The molecule has 1 unspecified atom stereocenters. The van der Waals surface area contributed by atoms with Gasteiger partial charge < -0.3 is 18.9 Å². The number of rotatable bonds is 12. The summed E-state index contributed by atoms with van der Waals surface area (Å²) >= 11 is 10.6. The van der Waals surface area contributed by atoms with Crippen LogP contribution < -0.4 is 25.1 Å². The van der Waals surface area contributed by atoms with E-state index in [1.54, 1.807) is 25.5 Å². The molecule has 0 bridgehead atoms. The van der Waals surface area contributed by atoms with Crippen molar-refractivity contribution >= 4 is 29.7 Å². The summed E-state index contributed by atoms with van der Waals surface area (Å²) in [5.74, 6) is 1.39. The molecule has 4 atom stereocenters. The minimum atomic E-state index is -2.82. The number of benzene rings is 3. The SMILES string of the molecule is COc1ccc(C(O[C@H]2C[C@H](n3cc(C)c(=O)[nH]c3=O)O[C@@H]2COP(=S)(S)[n+]2ccccc2)(c2ccccc2)c2ccc(OC)cc2)cc1. The minimum absolute atomic E-state index is 0.0248. The fourth-order valence-corrected chi connectivity index (χ4v) is 8.03. The molecule has 2 aromatic heterocycles. The Morgan fingerprint density at radius 2 is 1.45 bits per heavy atom. The predicted octanol–water partition coefficient (Wildman–Crippen LogP) is 5.53. The fraction of sp³-hybridized carbons (Fsp3) is 0.250. The Kier molecular flexibility index (Phi) is 10.5. The summed E-state index contributed by atoms with van der Waals surface area (Å²) in [7, 11) is 3.25. The molecule has 0 amide bonds. The highest BCUT2D eigenvalue weighted by molar-refractivity contribution is 8.59. The zero-order valence-electron chi connectivity index (χ0n) is 27.2. The zero-order valence-corrected chi connectivity index (χ0v) is 29.8. The third-order valence-electron chi connectivity index (χ3n) is 8.54. The van der Waals surface area contributed by atoms with Crippen molar-refractivity contribution in [3.8, 4) is 11.5 Å². The van der Waals surface area contributed by atoms with Gasteiger partial charge in [0.25, 0.3) is 5.56 Å². The molecule has 1 aliphatic heterocycles. The first kappa shape index (κ1) is 34.8. The molecule has 0 spiro atoms. The molecule has 0 saturated carbocycles. The quantitative estimate of drug-likeness (QED) is 0.0987. The number of hydrogen-bond donors (Lipinski definition) is 2. The second kappa shape index (κ2) is 14.8. The molecule has 1 saturated heterocycles. The van der Waals surface area contributed by atoms with E-state index in [2.05, 4.69) is 4.98 Å². The van der Waals surface area contributed by atoms with E-state index in [0.717, 1.165) is 16.7 Å². The number of nitrogens with zero attached hydrogens (tertiary/aromatic N) is 2. The molecule has 5 aromatic rings. The van der Waals surface area contributed by atoms with E-state index < -0.39 is 40.9 Å². The topological polar surface area (TPSA) is 105 Å². The van der Waals surface area contributed by atoms with Crippen molar-refractivity contribution < 1.29 is 27.8 Å². The van der Waals surface area contributed by atoms with Gasteiger partial charge in [-0.25, -0.2) is 4.79 Å². The van der Waals surface area contributed by atoms with Gasteiger partial charge in [-0.15, -0.1) is 0 Å². The van der Waals surface area contributed by atoms with Crippen LogP contribution in [0.25, 0.3) is 0 Å². The van der Waals surface area contributed by atoms with Gasteiger partial charge in [-0.1, -0.05) is 60.7 Å². The van der Waals surface area contributed by atoms with Crippen LogP contribution in [0, 0.1) is 6.92 Å². The summed E-state index contributed by atoms with van der Waals surface area (Å²) in [6.07, 6.45) is 3.29. The van der Waals surface area contributed by atoms with Gasteiger partial charge in [0.05, 0.1) is 26.9 Å². The third-order valence-corrected chi connectivity index (χ3v) is 11.7. The maximum atomic E-state index is 13.1. The summed E-state index contributed by atoms with van der Waals surface area (Å²) in [5, 5.41) is 0. The molecule has 6 rings (SSSR count). The van der Waals surface area contributed by atoms with Crippen LogP contribution in [-0.4, -0.2) is 42.6 Å². The number of aromatic amines is 1. The van der Waals surface area contributed by atoms with Crippen molar-refractivity contribution in [1.29, 1.82) is 0 Å². The second-order valence-corrected chi connectivity index (χ2v) is 17.2. The Bertz CT molecular complexity index is 1990. The minimum Gasteiger partial charge on any atom is -0.497 e. The van der Waals surface area contributed by atoms with Crippen LogP contribution in [0.4, 0.5) is 0 Å². The van der Waals surface area contributed by atoms with Crippen molar-refractivity contribution in [2.45, 2.75) is 37.4 Å². The van der Waals surface area contributed by atoms with Crippen LogP contribution in [0.1, 0.15) is 34.9 Å². The molecule has 0 radical (unpaired) electrons. The van der Waals surface area contributed by atoms with Crippen molar-refractivity contribution in [1.82, 2.24) is 9.55 Å². The van der Waals surface area contributed by atoms with Gasteiger partial charge >= 0.3 is 11.3 Å². The van der Waals surface area contributed by atoms with Crippen molar-refractivity contribution in [2.24, 2.45) is 0 Å². The van der Waals surface area contributed by atoms with Gasteiger partial charge in [-0.05, 0) is 60.1 Å². The molecule has 13 heteroatoms. The Hall–Kier alpha value is -4.03. The van der Waals surface area contributed by atoms with Gasteiger partial charge in [0.2, 0.25) is 0 Å². The smallest absolute Gasteiger partial charge is 0.376 e. The first-order chi connectivity index (χ1) is 23.6. The van der Waals surface area contributed by atoms with Crippen LogP contribution in [0.5, 0.6) is 11.5 Å². The van der Waals surface area contributed by atoms with Gasteiger partial charge in [0.1, 0.15) is 29.4 Å². The monoisotopic (exact) mass is 718 g/mol. The highest BCUT2D eigenvalue weighted by atomic mass is 32.9. The van der Waals surface area contributed by atoms with Crippen LogP contribution in [-0.2, 0) is 31.4 Å². The highest BCUT2D eigenvalue weighted by Crippen LogP contribution is 2.49. The summed E-state index contributed by atoms with van der Waals surface area (Å²) in [4.78, 5) is 27.7. The van der Waals surface area contributed by atoms with Crippen molar-refractivity contribution in [3.05, 3.63) is 159 Å². The number of thiol groups is 1. The number of H-pyrrole nitrogens is 1. The highest BCUT2D eigenvalue weighted by Gasteiger charge is 2.47. The first-order valence-electron chi connectivity index (χ1n) is 15.6. The number of hydrogen-bond acceptors (Lipinski definition) is 8. The number of aryl methyl sites for hydroxylation is 1. The van der Waals surface area contributed by atoms with E-state index >= 15 is 0 Å². The normalized spacial score (nSPS) is 18.9. The van der Waals surface area contributed by atoms with Crippen molar-refractivity contribution in [2.75, 3.05) is 20.8 Å². The fourth-order valence-electron chi connectivity index (χ4n) is 6.00. The van der Waals surface area contributed by atoms with Gasteiger partial charge in [-0.3, -0.25) is 18.9 Å². The summed E-state index contributed by atoms with van der Waals surface area (Å²) in [5.41, 5.74) is -2.10. The summed E-state index contributed by atoms with van der Waals surface area (Å²) in [6.45, 7) is 1.66. The Balaban J connectivity index is 1.48. The van der Waals surface area contributed by atoms with E-state index in [9.17, 15) is 9.59 Å². The lowest BCUT2D eigenvalue weighted by Gasteiger charge is -2.39. The third kappa shape index (κ3) is 7.30. The maximum Gasteiger partial charge on any atom is 0.376 e. The molecule has 0 aliphatic carbocycles. The predicted molar refractivity (Wildman–Crippen MR) is 193 cm³/mol. The molecule has 254 valence electrons. The lowest BCUT2D eigenvalue weighted by molar-refractivity contribution is -0.517. The second-order valence-electron chi connectivity index (χ2n) is 11.5. The van der Waals surface area contributed by atoms with Crippen LogP contribution in [0.2, 0.25) is 0 Å². The molecular formula is C36H37N3O7PS2+. The number of nitrogens with one attached hydrogen (secondary N) is 1. The number of methoxy groups -OCH3 is 2. The Labute approximate surface area is 294 Å². The molecule has 10 nitrogen and oxygen atoms in total. The maximum absolute atomic E-state index is 13.1. The average Bonchev–Trinajstić information content (AvgIpc) is 3.54. The Morgan fingerprint density at radius 3 is 2.02 bits per heavy atom. The molecular weight excluding hydrogens is 682 g/mol. The number of pyridine rings is 1. The molecule has 3 heterocycles. The van der Waals surface area contributed by atoms with Gasteiger partial charge in [-0.2, -0.15) is 4.34 Å². The standard InChI is InChI=1S/C36H36N3O7PS2/c1-25-23-39(35(41)37-34(25)40)33-22-31(32(45-33)24-44-47(48,49)38-20-8-5-9-21-38)46-36(26-10-6-4-7-11-26,27-12-16-29(42-2)17-13-27)28-14-18-30(43-3)19-15-28/h4-21,23,31-33H,22,24H2,1-3H3,(H-,37,40,41,48,49)/p+1/t31-,32+,33+/m0/s1. The largest absolute Gasteiger partial charge is 0.497 e. The van der Waals surface area contributed by atoms with Crippen LogP contribution in [0.15, 0.2) is 125 Å². The van der Waals surface area contributed by atoms with E-state index in [-0.39, 0.29) is 13.0 Å². The van der Waals surface area contributed by atoms with Crippen LogP contribution in [0.3, 0.4) is 0 Å².